The summed E-state index contributed by atoms with van der Waals surface area (Å²) < 4.78 is 15.7. The van der Waals surface area contributed by atoms with Crippen molar-refractivity contribution < 1.29 is 28.6 Å². The Balaban J connectivity index is 1.69. The van der Waals surface area contributed by atoms with Gasteiger partial charge in [0.15, 0.2) is 18.1 Å². The smallest absolute Gasteiger partial charge is 0.321 e. The number of urea groups is 1. The number of nitrogens with one attached hydrogen (secondary N) is 2. The Morgan fingerprint density at radius 2 is 1.88 bits per heavy atom. The second-order valence-corrected chi connectivity index (χ2v) is 6.30. The number of hydrogen-bond acceptors (Lipinski definition) is 6. The van der Waals surface area contributed by atoms with E-state index in [4.69, 9.17) is 14.2 Å². The zero-order chi connectivity index (χ0) is 18.9. The highest BCUT2D eigenvalue weighted by molar-refractivity contribution is 5.95. The summed E-state index contributed by atoms with van der Waals surface area (Å²) in [5, 5.41) is 4.68. The van der Waals surface area contributed by atoms with Crippen LogP contribution in [0.1, 0.15) is 25.8 Å². The molecule has 0 spiro atoms. The monoisotopic (exact) mass is 364 g/mol. The number of imide groups is 1. The summed E-state index contributed by atoms with van der Waals surface area (Å²) >= 11 is 0. The van der Waals surface area contributed by atoms with Crippen LogP contribution in [0, 0.1) is 5.92 Å². The van der Waals surface area contributed by atoms with Gasteiger partial charge in [-0.15, -0.1) is 0 Å². The highest BCUT2D eigenvalue weighted by Gasteiger charge is 2.15. The van der Waals surface area contributed by atoms with Crippen molar-refractivity contribution in [2.24, 2.45) is 5.92 Å². The van der Waals surface area contributed by atoms with Gasteiger partial charge in [0.1, 0.15) is 13.2 Å². The Morgan fingerprint density at radius 1 is 1.15 bits per heavy atom. The third kappa shape index (κ3) is 6.62. The third-order valence-corrected chi connectivity index (χ3v) is 3.58. The number of benzene rings is 1. The van der Waals surface area contributed by atoms with Crippen LogP contribution in [0.15, 0.2) is 18.2 Å². The maximum absolute atomic E-state index is 11.8. The SMILES string of the molecule is CC(C)CCNC(=O)NC(=O)COC(=O)Cc1ccc2c(c1)OCCO2. The van der Waals surface area contributed by atoms with Crippen LogP contribution in [0.3, 0.4) is 0 Å². The molecule has 0 aliphatic carbocycles. The van der Waals surface area contributed by atoms with Gasteiger partial charge in [-0.2, -0.15) is 0 Å². The van der Waals surface area contributed by atoms with E-state index in [1.807, 2.05) is 13.8 Å². The number of amides is 3. The lowest BCUT2D eigenvalue weighted by Crippen LogP contribution is -2.42. The van der Waals surface area contributed by atoms with Crippen molar-refractivity contribution in [1.29, 1.82) is 0 Å². The maximum atomic E-state index is 11.8. The van der Waals surface area contributed by atoms with Crippen LogP contribution < -0.4 is 20.1 Å². The molecule has 0 saturated carbocycles. The summed E-state index contributed by atoms with van der Waals surface area (Å²) in [6.07, 6.45) is 0.802. The number of hydrogen-bond donors (Lipinski definition) is 2. The summed E-state index contributed by atoms with van der Waals surface area (Å²) in [4.78, 5) is 35.0. The van der Waals surface area contributed by atoms with E-state index in [1.54, 1.807) is 18.2 Å². The molecular formula is C18H24N2O6. The van der Waals surface area contributed by atoms with E-state index in [1.165, 1.54) is 0 Å². The second kappa shape index (κ2) is 9.65. The summed E-state index contributed by atoms with van der Waals surface area (Å²) in [6.45, 7) is 4.98. The first-order chi connectivity index (χ1) is 12.4. The number of carbonyl (C=O) groups excluding carboxylic acids is 3. The van der Waals surface area contributed by atoms with Crippen LogP contribution in [0.25, 0.3) is 0 Å². The molecule has 8 nitrogen and oxygen atoms in total. The predicted octanol–water partition coefficient (Wildman–Crippen LogP) is 1.42. The molecule has 0 bridgehead atoms. The fraction of sp³-hybridized carbons (Fsp3) is 0.500. The zero-order valence-electron chi connectivity index (χ0n) is 15.0. The van der Waals surface area contributed by atoms with Crippen molar-refractivity contribution in [1.82, 2.24) is 10.6 Å². The normalized spacial score (nSPS) is 12.4. The molecule has 1 aromatic carbocycles. The van der Waals surface area contributed by atoms with Crippen LogP contribution in [-0.4, -0.2) is 44.3 Å². The topological polar surface area (TPSA) is 103 Å². The number of fused-ring (bicyclic) bond motifs is 1. The molecule has 142 valence electrons. The molecule has 1 aliphatic heterocycles. The molecular weight excluding hydrogens is 340 g/mol. The molecule has 26 heavy (non-hydrogen) atoms. The first-order valence-corrected chi connectivity index (χ1v) is 8.56. The van der Waals surface area contributed by atoms with Crippen molar-refractivity contribution >= 4 is 17.9 Å². The standard InChI is InChI=1S/C18H24N2O6/c1-12(2)5-6-19-18(23)20-16(21)11-26-17(22)10-13-3-4-14-15(9-13)25-8-7-24-14/h3-4,9,12H,5-8,10-11H2,1-2H3,(H2,19,20,21,23). The molecule has 2 N–H and O–H groups in total. The van der Waals surface area contributed by atoms with Gasteiger partial charge < -0.3 is 19.5 Å². The summed E-state index contributed by atoms with van der Waals surface area (Å²) in [6, 6.07) is 4.57. The molecule has 8 heteroatoms. The number of esters is 1. The van der Waals surface area contributed by atoms with Crippen molar-refractivity contribution in [3.05, 3.63) is 23.8 Å². The zero-order valence-corrected chi connectivity index (χ0v) is 15.0. The number of ether oxygens (including phenoxy) is 3. The predicted molar refractivity (Wildman–Crippen MR) is 93.1 cm³/mol. The Hall–Kier alpha value is -2.77. The third-order valence-electron chi connectivity index (χ3n) is 3.58. The molecule has 0 aromatic heterocycles. The summed E-state index contributed by atoms with van der Waals surface area (Å²) in [5.41, 5.74) is 0.686. The molecule has 1 aliphatic rings. The van der Waals surface area contributed by atoms with Crippen molar-refractivity contribution in [2.75, 3.05) is 26.4 Å². The van der Waals surface area contributed by atoms with Gasteiger partial charge >= 0.3 is 12.0 Å². The molecule has 1 aromatic rings. The fourth-order valence-corrected chi connectivity index (χ4v) is 2.24. The van der Waals surface area contributed by atoms with Crippen LogP contribution in [0.2, 0.25) is 0 Å². The lowest BCUT2D eigenvalue weighted by atomic mass is 10.1. The van der Waals surface area contributed by atoms with E-state index in [2.05, 4.69) is 10.6 Å². The highest BCUT2D eigenvalue weighted by atomic mass is 16.6. The first-order valence-electron chi connectivity index (χ1n) is 8.56. The number of carbonyl (C=O) groups is 3. The lowest BCUT2D eigenvalue weighted by molar-refractivity contribution is -0.147. The average molecular weight is 364 g/mol. The maximum Gasteiger partial charge on any atom is 0.321 e. The van der Waals surface area contributed by atoms with Gasteiger partial charge in [0.2, 0.25) is 0 Å². The average Bonchev–Trinajstić information content (AvgIpc) is 2.59. The van der Waals surface area contributed by atoms with Crippen molar-refractivity contribution in [2.45, 2.75) is 26.7 Å². The van der Waals surface area contributed by atoms with E-state index in [-0.39, 0.29) is 6.42 Å². The fourth-order valence-electron chi connectivity index (χ4n) is 2.24. The van der Waals surface area contributed by atoms with Gasteiger partial charge in [-0.1, -0.05) is 19.9 Å². The Bertz CT molecular complexity index is 659. The molecule has 0 radical (unpaired) electrons. The molecule has 0 saturated heterocycles. The molecule has 0 atom stereocenters. The van der Waals surface area contributed by atoms with Gasteiger partial charge in [-0.05, 0) is 30.0 Å². The highest BCUT2D eigenvalue weighted by Crippen LogP contribution is 2.30. The Labute approximate surface area is 152 Å². The quantitative estimate of drug-likeness (QED) is 0.709. The van der Waals surface area contributed by atoms with E-state index in [0.717, 1.165) is 6.42 Å². The van der Waals surface area contributed by atoms with Crippen LogP contribution in [-0.2, 0) is 20.7 Å². The first kappa shape index (κ1) is 19.6. The van der Waals surface area contributed by atoms with E-state index < -0.39 is 24.5 Å². The Morgan fingerprint density at radius 3 is 2.62 bits per heavy atom. The van der Waals surface area contributed by atoms with Gasteiger partial charge in [0.25, 0.3) is 5.91 Å². The van der Waals surface area contributed by atoms with Gasteiger partial charge in [-0.25, -0.2) is 4.79 Å². The van der Waals surface area contributed by atoms with Crippen LogP contribution in [0.4, 0.5) is 4.79 Å². The van der Waals surface area contributed by atoms with Gasteiger partial charge in [0.05, 0.1) is 6.42 Å². The van der Waals surface area contributed by atoms with Crippen molar-refractivity contribution in [3.63, 3.8) is 0 Å². The minimum absolute atomic E-state index is 0.00942. The van der Waals surface area contributed by atoms with Crippen molar-refractivity contribution in [3.8, 4) is 11.5 Å². The van der Waals surface area contributed by atoms with E-state index in [0.29, 0.717) is 42.7 Å². The van der Waals surface area contributed by atoms with Gasteiger partial charge in [-0.3, -0.25) is 14.9 Å². The molecule has 1 heterocycles. The second-order valence-electron chi connectivity index (χ2n) is 6.30. The molecule has 0 unspecified atom stereocenters. The minimum Gasteiger partial charge on any atom is -0.486 e. The molecule has 3 amide bonds. The van der Waals surface area contributed by atoms with Crippen LogP contribution in [0.5, 0.6) is 11.5 Å². The summed E-state index contributed by atoms with van der Waals surface area (Å²) in [5.74, 6) is 0.417. The molecule has 0 fully saturated rings. The van der Waals surface area contributed by atoms with E-state index >= 15 is 0 Å². The largest absolute Gasteiger partial charge is 0.486 e. The summed E-state index contributed by atoms with van der Waals surface area (Å²) in [7, 11) is 0. The molecule has 2 rings (SSSR count). The lowest BCUT2D eigenvalue weighted by Gasteiger charge is -2.18. The van der Waals surface area contributed by atoms with Gasteiger partial charge in [0, 0.05) is 6.54 Å². The minimum atomic E-state index is -0.678. The number of rotatable bonds is 7. The van der Waals surface area contributed by atoms with E-state index in [9.17, 15) is 14.4 Å². The van der Waals surface area contributed by atoms with Crippen LogP contribution >= 0.6 is 0 Å². The Kier molecular flexibility index (Phi) is 7.25.